The molecule has 0 radical (unpaired) electrons. The smallest absolute Gasteiger partial charge is 0.0656 e. The molecule has 1 atom stereocenters. The molecule has 0 saturated heterocycles. The van der Waals surface area contributed by atoms with Gasteiger partial charge >= 0.3 is 0 Å². The van der Waals surface area contributed by atoms with Crippen LogP contribution in [-0.2, 0) is 6.42 Å². The van der Waals surface area contributed by atoms with Crippen molar-refractivity contribution in [1.82, 2.24) is 0 Å². The molecule has 0 fully saturated rings. The number of rotatable bonds is 5. The molecule has 0 N–H and O–H groups in total. The van der Waals surface area contributed by atoms with Crippen molar-refractivity contribution in [2.45, 2.75) is 52.8 Å². The molecule has 3 rings (SSSR count). The van der Waals surface area contributed by atoms with Gasteiger partial charge in [0.05, 0.1) is 8.07 Å². The molecule has 0 aromatic heterocycles. The highest BCUT2D eigenvalue weighted by Crippen LogP contribution is 2.37. The summed E-state index contributed by atoms with van der Waals surface area (Å²) in [5, 5.41) is 1.53. The minimum atomic E-state index is -1.22. The summed E-state index contributed by atoms with van der Waals surface area (Å²) in [4.78, 5) is 0. The van der Waals surface area contributed by atoms with Crippen molar-refractivity contribution in [3.8, 4) is 11.1 Å². The molecule has 0 amide bonds. The number of allylic oxidation sites excluding steroid dienone is 1. The molecule has 1 aliphatic rings. The second-order valence-electron chi connectivity index (χ2n) is 8.29. The van der Waals surface area contributed by atoms with Gasteiger partial charge in [-0.2, -0.15) is 0 Å². The Morgan fingerprint density at radius 1 is 1.00 bits per heavy atom. The summed E-state index contributed by atoms with van der Waals surface area (Å²) >= 11 is 0. The molecule has 0 nitrogen and oxygen atoms in total. The zero-order valence-corrected chi connectivity index (χ0v) is 16.8. The first-order valence-electron chi connectivity index (χ1n) is 9.33. The Morgan fingerprint density at radius 2 is 1.71 bits per heavy atom. The minimum Gasteiger partial charge on any atom is -0.0656 e. The van der Waals surface area contributed by atoms with Crippen LogP contribution in [0.25, 0.3) is 17.2 Å². The van der Waals surface area contributed by atoms with Crippen molar-refractivity contribution in [2.75, 3.05) is 0 Å². The van der Waals surface area contributed by atoms with Gasteiger partial charge in [0.1, 0.15) is 0 Å². The zero-order chi connectivity index (χ0) is 17.3. The molecule has 2 aromatic carbocycles. The lowest BCUT2D eigenvalue weighted by molar-refractivity contribution is 0.596. The summed E-state index contributed by atoms with van der Waals surface area (Å²) in [6, 6.07) is 16.2. The van der Waals surface area contributed by atoms with Crippen LogP contribution in [0.4, 0.5) is 0 Å². The Hall–Kier alpha value is -1.60. The van der Waals surface area contributed by atoms with Gasteiger partial charge in [-0.15, -0.1) is 0 Å². The minimum absolute atomic E-state index is 0.699. The maximum Gasteiger partial charge on any atom is 0.0775 e. The van der Waals surface area contributed by atoms with Gasteiger partial charge in [-0.3, -0.25) is 0 Å². The van der Waals surface area contributed by atoms with Crippen LogP contribution in [0.5, 0.6) is 0 Å². The molecule has 0 bridgehead atoms. The van der Waals surface area contributed by atoms with E-state index in [0.29, 0.717) is 5.92 Å². The summed E-state index contributed by atoms with van der Waals surface area (Å²) in [6.07, 6.45) is 6.16. The van der Waals surface area contributed by atoms with Crippen LogP contribution < -0.4 is 5.19 Å². The van der Waals surface area contributed by atoms with Crippen molar-refractivity contribution >= 4 is 19.3 Å². The number of hydrogen-bond donors (Lipinski definition) is 0. The number of benzene rings is 2. The average Bonchev–Trinajstić information content (AvgIpc) is 2.98. The van der Waals surface area contributed by atoms with E-state index in [2.05, 4.69) is 82.0 Å². The fourth-order valence-corrected chi connectivity index (χ4v) is 4.90. The summed E-state index contributed by atoms with van der Waals surface area (Å²) in [7, 11) is -1.22. The topological polar surface area (TPSA) is 0 Å². The highest BCUT2D eigenvalue weighted by Gasteiger charge is 2.20. The third kappa shape index (κ3) is 3.42. The van der Waals surface area contributed by atoms with Gasteiger partial charge in [0.25, 0.3) is 0 Å². The first-order valence-corrected chi connectivity index (χ1v) is 12.8. The molecule has 1 aliphatic carbocycles. The van der Waals surface area contributed by atoms with Gasteiger partial charge in [0.15, 0.2) is 0 Å². The van der Waals surface area contributed by atoms with Crippen LogP contribution in [0, 0.1) is 5.92 Å². The van der Waals surface area contributed by atoms with Gasteiger partial charge in [-0.1, -0.05) is 99.2 Å². The third-order valence-corrected chi connectivity index (χ3v) is 7.40. The van der Waals surface area contributed by atoms with Crippen molar-refractivity contribution in [3.05, 3.63) is 59.2 Å². The van der Waals surface area contributed by atoms with E-state index in [-0.39, 0.29) is 0 Å². The summed E-state index contributed by atoms with van der Waals surface area (Å²) < 4.78 is 0. The second kappa shape index (κ2) is 6.72. The number of fused-ring (bicyclic) bond motifs is 1. The molecular weight excluding hydrogens is 304 g/mol. The molecule has 1 unspecified atom stereocenters. The Bertz CT molecular complexity index is 745. The predicted octanol–water partition coefficient (Wildman–Crippen LogP) is 6.27. The fraction of sp³-hybridized carbons (Fsp3) is 0.391. The van der Waals surface area contributed by atoms with Gasteiger partial charge in [-0.05, 0) is 41.0 Å². The van der Waals surface area contributed by atoms with Crippen molar-refractivity contribution in [3.63, 3.8) is 0 Å². The summed E-state index contributed by atoms with van der Waals surface area (Å²) in [5.41, 5.74) is 7.32. The number of hydrogen-bond acceptors (Lipinski definition) is 0. The molecule has 126 valence electrons. The third-order valence-electron chi connectivity index (χ3n) is 5.34. The standard InChI is InChI=1S/C23H30Si/c1-6-8-17(2)20-15-19-9-7-10-22(23(19)16-20)18-11-13-21(14-12-18)24(3,4)5/h7,9-14,16-17H,6,8,15H2,1-5H3. The van der Waals surface area contributed by atoms with Gasteiger partial charge < -0.3 is 0 Å². The highest BCUT2D eigenvalue weighted by atomic mass is 28.3. The van der Waals surface area contributed by atoms with E-state index in [1.807, 2.05) is 0 Å². The van der Waals surface area contributed by atoms with Crippen LogP contribution >= 0.6 is 0 Å². The van der Waals surface area contributed by atoms with Gasteiger partial charge in [0, 0.05) is 0 Å². The molecule has 0 aliphatic heterocycles. The molecule has 2 aromatic rings. The Kier molecular flexibility index (Phi) is 4.82. The molecule has 0 heterocycles. The fourth-order valence-electron chi connectivity index (χ4n) is 3.73. The Balaban J connectivity index is 1.96. The largest absolute Gasteiger partial charge is 0.0775 e. The van der Waals surface area contributed by atoms with E-state index >= 15 is 0 Å². The van der Waals surface area contributed by atoms with E-state index in [9.17, 15) is 0 Å². The van der Waals surface area contributed by atoms with E-state index in [1.54, 1.807) is 5.57 Å². The van der Waals surface area contributed by atoms with Crippen molar-refractivity contribution in [2.24, 2.45) is 5.92 Å². The first-order chi connectivity index (χ1) is 11.4. The SMILES string of the molecule is CCCC(C)C1=Cc2c(cccc2-c2ccc([Si](C)(C)C)cc2)C1. The predicted molar refractivity (Wildman–Crippen MR) is 111 cm³/mol. The molecule has 24 heavy (non-hydrogen) atoms. The van der Waals surface area contributed by atoms with Crippen LogP contribution in [0.15, 0.2) is 48.0 Å². The monoisotopic (exact) mass is 334 g/mol. The van der Waals surface area contributed by atoms with Crippen LogP contribution in [0.3, 0.4) is 0 Å². The average molecular weight is 335 g/mol. The maximum absolute atomic E-state index is 2.47. The molecule has 0 spiro atoms. The van der Waals surface area contributed by atoms with Gasteiger partial charge in [-0.25, -0.2) is 0 Å². The Labute approximate surface area is 148 Å². The molecule has 1 heteroatoms. The molecule has 0 saturated carbocycles. The normalized spacial score (nSPS) is 15.1. The van der Waals surface area contributed by atoms with E-state index < -0.39 is 8.07 Å². The van der Waals surface area contributed by atoms with Crippen LogP contribution in [0.1, 0.15) is 37.8 Å². The van der Waals surface area contributed by atoms with Crippen LogP contribution in [-0.4, -0.2) is 8.07 Å². The lowest BCUT2D eigenvalue weighted by atomic mass is 9.95. The second-order valence-corrected chi connectivity index (χ2v) is 13.4. The quantitative estimate of drug-likeness (QED) is 0.565. The van der Waals surface area contributed by atoms with E-state index in [4.69, 9.17) is 0 Å². The van der Waals surface area contributed by atoms with Crippen molar-refractivity contribution in [1.29, 1.82) is 0 Å². The lowest BCUT2D eigenvalue weighted by Crippen LogP contribution is -2.37. The zero-order valence-electron chi connectivity index (χ0n) is 15.8. The maximum atomic E-state index is 2.47. The summed E-state index contributed by atoms with van der Waals surface area (Å²) in [6.45, 7) is 11.9. The lowest BCUT2D eigenvalue weighted by Gasteiger charge is -2.17. The Morgan fingerprint density at radius 3 is 2.33 bits per heavy atom. The molecular formula is C23H30Si. The summed E-state index contributed by atoms with van der Waals surface area (Å²) in [5.74, 6) is 0.699. The van der Waals surface area contributed by atoms with E-state index in [0.717, 1.165) is 6.42 Å². The van der Waals surface area contributed by atoms with E-state index in [1.165, 1.54) is 40.3 Å². The first kappa shape index (κ1) is 17.2. The van der Waals surface area contributed by atoms with Gasteiger partial charge in [0.2, 0.25) is 0 Å². The highest BCUT2D eigenvalue weighted by molar-refractivity contribution is 6.88. The van der Waals surface area contributed by atoms with Crippen LogP contribution in [0.2, 0.25) is 19.6 Å². The van der Waals surface area contributed by atoms with Crippen molar-refractivity contribution < 1.29 is 0 Å².